The molecule has 1 amide bonds. The predicted molar refractivity (Wildman–Crippen MR) is 102 cm³/mol. The fourth-order valence-electron chi connectivity index (χ4n) is 2.54. The Kier molecular flexibility index (Phi) is 5.80. The van der Waals surface area contributed by atoms with Crippen LogP contribution in [-0.2, 0) is 18.3 Å². The Morgan fingerprint density at radius 3 is 2.63 bits per heavy atom. The highest BCUT2D eigenvalue weighted by Gasteiger charge is 2.14. The van der Waals surface area contributed by atoms with Crippen LogP contribution in [0.15, 0.2) is 33.9 Å². The number of methoxy groups -OCH3 is 1. The van der Waals surface area contributed by atoms with E-state index in [1.54, 1.807) is 11.8 Å². The molecule has 8 nitrogen and oxygen atoms in total. The molecule has 0 atom stereocenters. The van der Waals surface area contributed by atoms with E-state index in [0.717, 1.165) is 28.4 Å². The summed E-state index contributed by atoms with van der Waals surface area (Å²) in [6.07, 6.45) is 0.526. The zero-order valence-corrected chi connectivity index (χ0v) is 16.5. The van der Waals surface area contributed by atoms with Gasteiger partial charge in [0.05, 0.1) is 36.4 Å². The van der Waals surface area contributed by atoms with Crippen LogP contribution in [0, 0.1) is 13.8 Å². The smallest absolute Gasteiger partial charge is 0.277 e. The molecule has 0 aliphatic carbocycles. The molecule has 2 heterocycles. The van der Waals surface area contributed by atoms with Crippen molar-refractivity contribution in [2.24, 2.45) is 7.05 Å². The zero-order chi connectivity index (χ0) is 19.4. The monoisotopic (exact) mass is 387 g/mol. The summed E-state index contributed by atoms with van der Waals surface area (Å²) in [7, 11) is 3.47. The molecule has 0 saturated heterocycles. The molecule has 0 radical (unpaired) electrons. The molecule has 142 valence electrons. The van der Waals surface area contributed by atoms with Crippen LogP contribution in [0.4, 0.5) is 5.69 Å². The maximum Gasteiger partial charge on any atom is 0.277 e. The van der Waals surface area contributed by atoms with Crippen LogP contribution in [0.2, 0.25) is 0 Å². The Morgan fingerprint density at radius 2 is 2.00 bits per heavy atom. The lowest BCUT2D eigenvalue weighted by molar-refractivity contribution is -0.113. The number of thioether (sulfide) groups is 1. The lowest BCUT2D eigenvalue weighted by Gasteiger charge is -2.04. The van der Waals surface area contributed by atoms with Crippen molar-refractivity contribution in [2.75, 3.05) is 18.2 Å². The molecule has 3 rings (SSSR count). The van der Waals surface area contributed by atoms with Crippen molar-refractivity contribution in [3.8, 4) is 5.75 Å². The first-order chi connectivity index (χ1) is 13.0. The van der Waals surface area contributed by atoms with Gasteiger partial charge in [0.15, 0.2) is 0 Å². The average Bonchev–Trinajstić information content (AvgIpc) is 3.20. The fourth-order valence-corrected chi connectivity index (χ4v) is 3.12. The number of hydrogen-bond donors (Lipinski definition) is 1. The SMILES string of the molecule is COc1ccc(Cc2nnc(SCC(=O)Nc3c(C)nn(C)c3C)o2)cc1. The summed E-state index contributed by atoms with van der Waals surface area (Å²) in [5, 5.41) is 15.6. The van der Waals surface area contributed by atoms with Crippen molar-refractivity contribution >= 4 is 23.4 Å². The molecule has 9 heteroatoms. The van der Waals surface area contributed by atoms with E-state index in [4.69, 9.17) is 9.15 Å². The maximum absolute atomic E-state index is 12.2. The third kappa shape index (κ3) is 4.68. The predicted octanol–water partition coefficient (Wildman–Crippen LogP) is 2.75. The average molecular weight is 387 g/mol. The molecule has 1 aromatic carbocycles. The number of rotatable bonds is 7. The third-order valence-electron chi connectivity index (χ3n) is 4.06. The van der Waals surface area contributed by atoms with Gasteiger partial charge < -0.3 is 14.5 Å². The van der Waals surface area contributed by atoms with Crippen LogP contribution in [0.5, 0.6) is 5.75 Å². The third-order valence-corrected chi connectivity index (χ3v) is 4.88. The van der Waals surface area contributed by atoms with E-state index in [9.17, 15) is 4.79 Å². The van der Waals surface area contributed by atoms with Gasteiger partial charge in [-0.3, -0.25) is 9.48 Å². The van der Waals surface area contributed by atoms with Crippen LogP contribution in [0.3, 0.4) is 0 Å². The molecule has 3 aromatic rings. The molecule has 0 bridgehead atoms. The summed E-state index contributed by atoms with van der Waals surface area (Å²) in [6, 6.07) is 7.66. The highest BCUT2D eigenvalue weighted by Crippen LogP contribution is 2.21. The zero-order valence-electron chi connectivity index (χ0n) is 15.6. The number of anilines is 1. The minimum absolute atomic E-state index is 0.144. The number of nitrogens with zero attached hydrogens (tertiary/aromatic N) is 4. The summed E-state index contributed by atoms with van der Waals surface area (Å²) in [4.78, 5) is 12.2. The standard InChI is InChI=1S/C18H21N5O3S/c1-11-17(12(2)23(3)22-11)19-15(24)10-27-18-21-20-16(26-18)9-13-5-7-14(25-4)8-6-13/h5-8H,9-10H2,1-4H3,(H,19,24). The van der Waals surface area contributed by atoms with Crippen molar-refractivity contribution in [1.82, 2.24) is 20.0 Å². The Balaban J connectivity index is 1.53. The second-order valence-corrected chi connectivity index (χ2v) is 6.92. The van der Waals surface area contributed by atoms with E-state index in [-0.39, 0.29) is 11.7 Å². The topological polar surface area (TPSA) is 95.1 Å². The van der Waals surface area contributed by atoms with Crippen LogP contribution < -0.4 is 10.1 Å². The summed E-state index contributed by atoms with van der Waals surface area (Å²) in [6.45, 7) is 3.77. The first kappa shape index (κ1) is 19.0. The number of aromatic nitrogens is 4. The molecular formula is C18H21N5O3S. The minimum Gasteiger partial charge on any atom is -0.497 e. The summed E-state index contributed by atoms with van der Waals surface area (Å²) < 4.78 is 12.5. The Morgan fingerprint density at radius 1 is 1.26 bits per heavy atom. The molecule has 0 aliphatic heterocycles. The highest BCUT2D eigenvalue weighted by atomic mass is 32.2. The molecule has 0 unspecified atom stereocenters. The van der Waals surface area contributed by atoms with Gasteiger partial charge in [0.2, 0.25) is 11.8 Å². The van der Waals surface area contributed by atoms with Gasteiger partial charge in [0.25, 0.3) is 5.22 Å². The van der Waals surface area contributed by atoms with Gasteiger partial charge in [-0.25, -0.2) is 0 Å². The molecule has 2 aromatic heterocycles. The number of carbonyl (C=O) groups excluding carboxylic acids is 1. The number of aryl methyl sites for hydroxylation is 2. The van der Waals surface area contributed by atoms with Crippen LogP contribution in [0.25, 0.3) is 0 Å². The first-order valence-electron chi connectivity index (χ1n) is 8.34. The number of amides is 1. The van der Waals surface area contributed by atoms with Crippen molar-refractivity contribution in [2.45, 2.75) is 25.5 Å². The van der Waals surface area contributed by atoms with Gasteiger partial charge in [-0.2, -0.15) is 5.10 Å². The molecule has 0 spiro atoms. The Hall–Kier alpha value is -2.81. The summed E-state index contributed by atoms with van der Waals surface area (Å²) in [5.74, 6) is 1.33. The quantitative estimate of drug-likeness (QED) is 0.623. The van der Waals surface area contributed by atoms with Crippen molar-refractivity contribution < 1.29 is 13.9 Å². The number of hydrogen-bond acceptors (Lipinski definition) is 7. The number of nitrogens with one attached hydrogen (secondary N) is 1. The van der Waals surface area contributed by atoms with Gasteiger partial charge in [-0.1, -0.05) is 23.9 Å². The van der Waals surface area contributed by atoms with Crippen molar-refractivity contribution in [3.05, 3.63) is 47.1 Å². The number of benzene rings is 1. The second kappa shape index (κ2) is 8.26. The summed E-state index contributed by atoms with van der Waals surface area (Å²) in [5.41, 5.74) is 3.48. The summed E-state index contributed by atoms with van der Waals surface area (Å²) >= 11 is 1.20. The van der Waals surface area contributed by atoms with Gasteiger partial charge in [0.1, 0.15) is 5.75 Å². The molecule has 0 saturated carbocycles. The maximum atomic E-state index is 12.2. The second-order valence-electron chi connectivity index (χ2n) is 5.99. The Labute approximate surface area is 161 Å². The van der Waals surface area contributed by atoms with Crippen molar-refractivity contribution in [3.63, 3.8) is 0 Å². The number of ether oxygens (including phenoxy) is 1. The molecule has 0 aliphatic rings. The fraction of sp³-hybridized carbons (Fsp3) is 0.333. The first-order valence-corrected chi connectivity index (χ1v) is 9.33. The number of carbonyl (C=O) groups is 1. The van der Waals surface area contributed by atoms with Crippen LogP contribution in [0.1, 0.15) is 22.8 Å². The molecule has 27 heavy (non-hydrogen) atoms. The lowest BCUT2D eigenvalue weighted by atomic mass is 10.1. The minimum atomic E-state index is -0.144. The van der Waals surface area contributed by atoms with E-state index in [0.29, 0.717) is 17.5 Å². The van der Waals surface area contributed by atoms with Gasteiger partial charge in [-0.15, -0.1) is 10.2 Å². The highest BCUT2D eigenvalue weighted by molar-refractivity contribution is 7.99. The molecule has 1 N–H and O–H groups in total. The van der Waals surface area contributed by atoms with E-state index in [1.165, 1.54) is 11.8 Å². The molecular weight excluding hydrogens is 366 g/mol. The van der Waals surface area contributed by atoms with E-state index >= 15 is 0 Å². The van der Waals surface area contributed by atoms with E-state index in [1.807, 2.05) is 45.2 Å². The Bertz CT molecular complexity index is 933. The van der Waals surface area contributed by atoms with Gasteiger partial charge in [0, 0.05) is 7.05 Å². The normalized spacial score (nSPS) is 10.8. The van der Waals surface area contributed by atoms with Crippen molar-refractivity contribution in [1.29, 1.82) is 0 Å². The van der Waals surface area contributed by atoms with Gasteiger partial charge >= 0.3 is 0 Å². The lowest BCUT2D eigenvalue weighted by Crippen LogP contribution is -2.15. The van der Waals surface area contributed by atoms with Crippen LogP contribution in [-0.4, -0.2) is 38.7 Å². The largest absolute Gasteiger partial charge is 0.497 e. The van der Waals surface area contributed by atoms with E-state index < -0.39 is 0 Å². The molecule has 0 fully saturated rings. The van der Waals surface area contributed by atoms with E-state index in [2.05, 4.69) is 20.6 Å². The van der Waals surface area contributed by atoms with Crippen LogP contribution >= 0.6 is 11.8 Å². The van der Waals surface area contributed by atoms with Gasteiger partial charge in [-0.05, 0) is 31.5 Å².